The molecule has 0 unspecified atom stereocenters. The summed E-state index contributed by atoms with van der Waals surface area (Å²) in [7, 11) is 0. The Hall–Kier alpha value is -2.99. The maximum atomic E-state index is 4.60. The molecule has 0 saturated heterocycles. The molecule has 0 saturated carbocycles. The van der Waals surface area contributed by atoms with Crippen molar-refractivity contribution >= 4 is 36.7 Å². The van der Waals surface area contributed by atoms with Crippen molar-refractivity contribution in [2.24, 2.45) is 0 Å². The first-order chi connectivity index (χ1) is 16.7. The molecule has 168 valence electrons. The van der Waals surface area contributed by atoms with E-state index in [-0.39, 0.29) is 0 Å². The predicted molar refractivity (Wildman–Crippen MR) is 153 cm³/mol. The van der Waals surface area contributed by atoms with Gasteiger partial charge in [0.05, 0.1) is 0 Å². The zero-order valence-corrected chi connectivity index (χ0v) is 21.6. The van der Waals surface area contributed by atoms with Crippen LogP contribution in [0.3, 0.4) is 0 Å². The molecule has 0 aliphatic heterocycles. The molecular weight excluding hydrogens is 495 g/mol. The minimum absolute atomic E-state index is 0.909. The average Bonchev–Trinajstić information content (AvgIpc) is 2.92. The molecule has 0 spiro atoms. The fourth-order valence-electron chi connectivity index (χ4n) is 4.96. The average molecular weight is 523 g/mol. The van der Waals surface area contributed by atoms with Crippen LogP contribution in [0, 0.1) is 0 Å². The quantitative estimate of drug-likeness (QED) is 0.193. The molecule has 0 amide bonds. The van der Waals surface area contributed by atoms with Crippen molar-refractivity contribution in [1.29, 1.82) is 0 Å². The van der Waals surface area contributed by atoms with Crippen molar-refractivity contribution in [3.63, 3.8) is 0 Å². The Balaban J connectivity index is 1.76. The van der Waals surface area contributed by atoms with E-state index >= 15 is 0 Å². The standard InChI is InChI=1S/C32H28BrP/c33-34(30-19-7-2-8-20-30,31-21-9-3-10-22-31,32-23-11-4-12-24-32)26-29-18-14-13-17-28(29)25-27-15-5-1-6-16-27/h1-24H,25-26H2. The molecule has 5 aromatic rings. The first-order valence-corrected chi connectivity index (χ1v) is 16.1. The third-order valence-electron chi connectivity index (χ3n) is 6.71. The van der Waals surface area contributed by atoms with Gasteiger partial charge in [-0.2, -0.15) is 0 Å². The fraction of sp³-hybridized carbons (Fsp3) is 0.0625. The summed E-state index contributed by atoms with van der Waals surface area (Å²) in [5.41, 5.74) is 4.10. The van der Waals surface area contributed by atoms with Gasteiger partial charge in [0, 0.05) is 0 Å². The van der Waals surface area contributed by atoms with Gasteiger partial charge in [0.25, 0.3) is 0 Å². The Kier molecular flexibility index (Phi) is 6.50. The van der Waals surface area contributed by atoms with Gasteiger partial charge in [0.15, 0.2) is 0 Å². The molecular formula is C32H28BrP. The summed E-state index contributed by atoms with van der Waals surface area (Å²) in [6.07, 6.45) is 1.83. The van der Waals surface area contributed by atoms with Crippen molar-refractivity contribution in [3.8, 4) is 0 Å². The van der Waals surface area contributed by atoms with Crippen molar-refractivity contribution in [2.75, 3.05) is 0 Å². The van der Waals surface area contributed by atoms with Gasteiger partial charge < -0.3 is 0 Å². The summed E-state index contributed by atoms with van der Waals surface area (Å²) < 4.78 is 0. The second-order valence-electron chi connectivity index (χ2n) is 8.78. The SMILES string of the molecule is BrP(Cc1ccccc1Cc1ccccc1)(c1ccccc1)(c1ccccc1)c1ccccc1. The van der Waals surface area contributed by atoms with Crippen LogP contribution in [-0.4, -0.2) is 0 Å². The van der Waals surface area contributed by atoms with Crippen molar-refractivity contribution in [1.82, 2.24) is 0 Å². The van der Waals surface area contributed by atoms with Gasteiger partial charge in [0.1, 0.15) is 0 Å². The molecule has 0 heterocycles. The molecule has 0 fully saturated rings. The van der Waals surface area contributed by atoms with Gasteiger partial charge in [-0.1, -0.05) is 0 Å². The molecule has 0 aliphatic rings. The zero-order valence-electron chi connectivity index (χ0n) is 19.1. The summed E-state index contributed by atoms with van der Waals surface area (Å²) >= 11 is 4.60. The summed E-state index contributed by atoms with van der Waals surface area (Å²) in [6, 6.07) is 52.8. The van der Waals surface area contributed by atoms with Crippen LogP contribution in [0.4, 0.5) is 0 Å². The first-order valence-electron chi connectivity index (χ1n) is 11.7. The number of halogens is 1. The summed E-state index contributed by atoms with van der Waals surface area (Å²) in [6.45, 7) is 0. The molecule has 0 atom stereocenters. The van der Waals surface area contributed by atoms with Crippen LogP contribution in [0.2, 0.25) is 0 Å². The van der Waals surface area contributed by atoms with Crippen LogP contribution in [-0.2, 0) is 12.6 Å². The van der Waals surface area contributed by atoms with Gasteiger partial charge in [-0.3, -0.25) is 0 Å². The number of hydrogen-bond donors (Lipinski definition) is 0. The molecule has 0 nitrogen and oxygen atoms in total. The van der Waals surface area contributed by atoms with Gasteiger partial charge in [-0.05, 0) is 0 Å². The van der Waals surface area contributed by atoms with E-state index in [1.807, 2.05) is 0 Å². The molecule has 0 N–H and O–H groups in total. The van der Waals surface area contributed by atoms with E-state index in [0.717, 1.165) is 12.6 Å². The molecule has 2 heteroatoms. The van der Waals surface area contributed by atoms with Gasteiger partial charge in [-0.25, -0.2) is 0 Å². The Morgan fingerprint density at radius 1 is 0.412 bits per heavy atom. The van der Waals surface area contributed by atoms with Crippen LogP contribution in [0.1, 0.15) is 16.7 Å². The number of rotatable bonds is 7. The number of hydrogen-bond acceptors (Lipinski definition) is 0. The molecule has 0 bridgehead atoms. The van der Waals surface area contributed by atoms with Crippen molar-refractivity contribution in [2.45, 2.75) is 12.6 Å². The van der Waals surface area contributed by atoms with Crippen LogP contribution in [0.15, 0.2) is 146 Å². The van der Waals surface area contributed by atoms with E-state index in [0.29, 0.717) is 0 Å². The Labute approximate surface area is 211 Å². The van der Waals surface area contributed by atoms with Crippen LogP contribution in [0.25, 0.3) is 0 Å². The van der Waals surface area contributed by atoms with Gasteiger partial charge in [-0.15, -0.1) is 0 Å². The Morgan fingerprint density at radius 2 is 0.765 bits per heavy atom. The Morgan fingerprint density at radius 3 is 1.21 bits per heavy atom. The molecule has 34 heavy (non-hydrogen) atoms. The zero-order chi connectivity index (χ0) is 23.3. The minimum atomic E-state index is -3.02. The summed E-state index contributed by atoms with van der Waals surface area (Å²) in [5.74, 6) is 0. The third kappa shape index (κ3) is 4.16. The van der Waals surface area contributed by atoms with E-state index in [9.17, 15) is 0 Å². The first kappa shape index (κ1) is 22.8. The maximum absolute atomic E-state index is 4.60. The second kappa shape index (κ2) is 9.71. The summed E-state index contributed by atoms with van der Waals surface area (Å²) in [5, 5.41) is 1.02. The van der Waals surface area contributed by atoms with Crippen LogP contribution < -0.4 is 15.9 Å². The predicted octanol–water partition coefficient (Wildman–Crippen LogP) is 7.62. The topological polar surface area (TPSA) is 0 Å². The van der Waals surface area contributed by atoms with E-state index in [1.54, 1.807) is 0 Å². The normalized spacial score (nSPS) is 12.6. The summed E-state index contributed by atoms with van der Waals surface area (Å²) in [4.78, 5) is 0. The third-order valence-corrected chi connectivity index (χ3v) is 16.2. The number of benzene rings is 5. The fourth-order valence-corrected chi connectivity index (χ4v) is 12.7. The monoisotopic (exact) mass is 522 g/mol. The molecule has 0 aliphatic carbocycles. The van der Waals surface area contributed by atoms with E-state index in [1.165, 1.54) is 32.6 Å². The second-order valence-corrected chi connectivity index (χ2v) is 17.7. The van der Waals surface area contributed by atoms with Gasteiger partial charge in [0.2, 0.25) is 0 Å². The van der Waals surface area contributed by atoms with Crippen molar-refractivity contribution in [3.05, 3.63) is 162 Å². The molecule has 0 aromatic heterocycles. The molecule has 0 radical (unpaired) electrons. The molecule has 5 aromatic carbocycles. The van der Waals surface area contributed by atoms with E-state index < -0.39 is 5.31 Å². The van der Waals surface area contributed by atoms with E-state index in [4.69, 9.17) is 0 Å². The molecule has 5 rings (SSSR count). The van der Waals surface area contributed by atoms with Crippen LogP contribution >= 0.6 is 20.8 Å². The Bertz CT molecular complexity index is 1250. The van der Waals surface area contributed by atoms with Crippen molar-refractivity contribution < 1.29 is 0 Å². The van der Waals surface area contributed by atoms with Crippen LogP contribution in [0.5, 0.6) is 0 Å². The van der Waals surface area contributed by atoms with E-state index in [2.05, 4.69) is 161 Å². The van der Waals surface area contributed by atoms with Gasteiger partial charge >= 0.3 is 212 Å².